The van der Waals surface area contributed by atoms with E-state index in [4.69, 9.17) is 4.74 Å². The van der Waals surface area contributed by atoms with Gasteiger partial charge in [0.1, 0.15) is 17.2 Å². The molecule has 0 heterocycles. The Bertz CT molecular complexity index is 644. The summed E-state index contributed by atoms with van der Waals surface area (Å²) in [6.45, 7) is 2.95. The smallest absolute Gasteiger partial charge is 0.133 e. The van der Waals surface area contributed by atoms with Crippen LogP contribution in [0, 0.1) is 5.82 Å². The summed E-state index contributed by atoms with van der Waals surface area (Å²) in [5.41, 5.74) is -0.556. The SMILES string of the molecule is CNCCCOc1ccc(C(C)(O)c2ccc(Br)cc2)c(F)c1. The van der Waals surface area contributed by atoms with Crippen molar-refractivity contribution in [1.29, 1.82) is 0 Å². The highest BCUT2D eigenvalue weighted by molar-refractivity contribution is 9.10. The lowest BCUT2D eigenvalue weighted by molar-refractivity contribution is 0.0978. The van der Waals surface area contributed by atoms with Gasteiger partial charge in [0.05, 0.1) is 6.61 Å². The van der Waals surface area contributed by atoms with Gasteiger partial charge in [-0.2, -0.15) is 0 Å². The molecule has 0 saturated heterocycles. The lowest BCUT2D eigenvalue weighted by atomic mass is 9.88. The zero-order valence-electron chi connectivity index (χ0n) is 13.3. The van der Waals surface area contributed by atoms with Crippen LogP contribution in [-0.2, 0) is 5.60 Å². The number of halogens is 2. The molecule has 0 aliphatic heterocycles. The first-order valence-electron chi connectivity index (χ1n) is 7.51. The lowest BCUT2D eigenvalue weighted by Gasteiger charge is -2.25. The van der Waals surface area contributed by atoms with Crippen molar-refractivity contribution in [3.63, 3.8) is 0 Å². The van der Waals surface area contributed by atoms with E-state index in [0.717, 1.165) is 17.4 Å². The third-order valence-electron chi connectivity index (χ3n) is 3.71. The molecule has 2 aromatic rings. The van der Waals surface area contributed by atoms with Crippen LogP contribution in [-0.4, -0.2) is 25.3 Å². The second-order valence-electron chi connectivity index (χ2n) is 5.53. The maximum absolute atomic E-state index is 14.4. The Morgan fingerprint density at radius 2 is 1.91 bits per heavy atom. The van der Waals surface area contributed by atoms with E-state index < -0.39 is 11.4 Å². The molecule has 0 fully saturated rings. The fourth-order valence-electron chi connectivity index (χ4n) is 2.35. The van der Waals surface area contributed by atoms with Gasteiger partial charge in [-0.1, -0.05) is 28.1 Å². The number of ether oxygens (including phenoxy) is 1. The van der Waals surface area contributed by atoms with E-state index in [1.54, 1.807) is 31.2 Å². The normalized spacial score (nSPS) is 13.6. The van der Waals surface area contributed by atoms with Gasteiger partial charge in [0.25, 0.3) is 0 Å². The average Bonchev–Trinajstić information content (AvgIpc) is 2.52. The van der Waals surface area contributed by atoms with Gasteiger partial charge in [-0.15, -0.1) is 0 Å². The number of hydrogen-bond acceptors (Lipinski definition) is 3. The maximum Gasteiger partial charge on any atom is 0.133 e. The molecule has 2 N–H and O–H groups in total. The predicted octanol–water partition coefficient (Wildman–Crippen LogP) is 3.83. The van der Waals surface area contributed by atoms with Gasteiger partial charge in [-0.3, -0.25) is 0 Å². The number of hydrogen-bond donors (Lipinski definition) is 2. The molecule has 0 aliphatic rings. The molecule has 0 aliphatic carbocycles. The molecular weight excluding hydrogens is 361 g/mol. The minimum atomic E-state index is -1.41. The van der Waals surface area contributed by atoms with E-state index in [2.05, 4.69) is 21.2 Å². The summed E-state index contributed by atoms with van der Waals surface area (Å²) in [4.78, 5) is 0. The summed E-state index contributed by atoms with van der Waals surface area (Å²) in [7, 11) is 1.87. The van der Waals surface area contributed by atoms with Crippen molar-refractivity contribution in [3.05, 3.63) is 63.9 Å². The van der Waals surface area contributed by atoms with Crippen LogP contribution < -0.4 is 10.1 Å². The molecule has 0 aromatic heterocycles. The summed E-state index contributed by atoms with van der Waals surface area (Å²) >= 11 is 3.35. The van der Waals surface area contributed by atoms with Crippen LogP contribution in [0.25, 0.3) is 0 Å². The Balaban J connectivity index is 2.17. The third-order valence-corrected chi connectivity index (χ3v) is 4.24. The van der Waals surface area contributed by atoms with Crippen LogP contribution in [0.2, 0.25) is 0 Å². The predicted molar refractivity (Wildman–Crippen MR) is 93.3 cm³/mol. The molecule has 0 bridgehead atoms. The quantitative estimate of drug-likeness (QED) is 0.716. The van der Waals surface area contributed by atoms with Crippen LogP contribution in [0.3, 0.4) is 0 Å². The Kier molecular flexibility index (Phi) is 6.16. The first kappa shape index (κ1) is 17.9. The Labute approximate surface area is 144 Å². The largest absolute Gasteiger partial charge is 0.493 e. The Morgan fingerprint density at radius 1 is 1.22 bits per heavy atom. The minimum absolute atomic E-state index is 0.224. The van der Waals surface area contributed by atoms with Gasteiger partial charge in [0.15, 0.2) is 0 Å². The van der Waals surface area contributed by atoms with Crippen LogP contribution >= 0.6 is 15.9 Å². The first-order chi connectivity index (χ1) is 10.9. The van der Waals surface area contributed by atoms with Crippen LogP contribution in [0.15, 0.2) is 46.9 Å². The van der Waals surface area contributed by atoms with E-state index in [1.165, 1.54) is 6.07 Å². The van der Waals surface area contributed by atoms with Crippen molar-refractivity contribution in [3.8, 4) is 5.75 Å². The van der Waals surface area contributed by atoms with Crippen molar-refractivity contribution < 1.29 is 14.2 Å². The fraction of sp³-hybridized carbons (Fsp3) is 0.333. The second-order valence-corrected chi connectivity index (χ2v) is 6.44. The van der Waals surface area contributed by atoms with E-state index in [0.29, 0.717) is 17.9 Å². The lowest BCUT2D eigenvalue weighted by Crippen LogP contribution is -2.24. The average molecular weight is 382 g/mol. The van der Waals surface area contributed by atoms with E-state index in [-0.39, 0.29) is 5.56 Å². The van der Waals surface area contributed by atoms with Gasteiger partial charge in [0.2, 0.25) is 0 Å². The van der Waals surface area contributed by atoms with Crippen molar-refractivity contribution in [2.75, 3.05) is 20.2 Å². The topological polar surface area (TPSA) is 41.5 Å². The number of aliphatic hydroxyl groups is 1. The number of benzene rings is 2. The summed E-state index contributed by atoms with van der Waals surface area (Å²) in [6.07, 6.45) is 0.844. The van der Waals surface area contributed by atoms with E-state index >= 15 is 0 Å². The van der Waals surface area contributed by atoms with Gasteiger partial charge in [0, 0.05) is 16.1 Å². The zero-order valence-corrected chi connectivity index (χ0v) is 14.9. The first-order valence-corrected chi connectivity index (χ1v) is 8.30. The van der Waals surface area contributed by atoms with Gasteiger partial charge < -0.3 is 15.2 Å². The summed E-state index contributed by atoms with van der Waals surface area (Å²) < 4.78 is 20.8. The van der Waals surface area contributed by atoms with Gasteiger partial charge in [-0.05, 0) is 56.8 Å². The molecule has 124 valence electrons. The number of rotatable bonds is 7. The Morgan fingerprint density at radius 3 is 2.52 bits per heavy atom. The highest BCUT2D eigenvalue weighted by Crippen LogP contribution is 2.33. The molecule has 1 atom stereocenters. The molecule has 23 heavy (non-hydrogen) atoms. The van der Waals surface area contributed by atoms with Crippen LogP contribution in [0.5, 0.6) is 5.75 Å². The fourth-order valence-corrected chi connectivity index (χ4v) is 2.61. The summed E-state index contributed by atoms with van der Waals surface area (Å²) in [5, 5.41) is 13.8. The van der Waals surface area contributed by atoms with Crippen LogP contribution in [0.4, 0.5) is 4.39 Å². The molecule has 2 aromatic carbocycles. The molecular formula is C18H21BrFNO2. The molecule has 5 heteroatoms. The standard InChI is InChI=1S/C18H21BrFNO2/c1-18(22,13-4-6-14(19)7-5-13)16-9-8-15(12-17(16)20)23-11-3-10-21-2/h4-9,12,21-22H,3,10-11H2,1-2H3. The van der Waals surface area contributed by atoms with E-state index in [9.17, 15) is 9.50 Å². The van der Waals surface area contributed by atoms with Crippen molar-refractivity contribution in [2.24, 2.45) is 0 Å². The van der Waals surface area contributed by atoms with Crippen molar-refractivity contribution in [1.82, 2.24) is 5.32 Å². The molecule has 0 amide bonds. The zero-order chi connectivity index (χ0) is 16.9. The summed E-state index contributed by atoms with van der Waals surface area (Å²) in [6, 6.07) is 11.8. The molecule has 0 radical (unpaired) electrons. The second kappa shape index (κ2) is 7.90. The maximum atomic E-state index is 14.4. The highest BCUT2D eigenvalue weighted by Gasteiger charge is 2.29. The Hall–Kier alpha value is -1.43. The molecule has 2 rings (SSSR count). The van der Waals surface area contributed by atoms with Crippen molar-refractivity contribution in [2.45, 2.75) is 18.9 Å². The van der Waals surface area contributed by atoms with Crippen molar-refractivity contribution >= 4 is 15.9 Å². The monoisotopic (exact) mass is 381 g/mol. The summed E-state index contributed by atoms with van der Waals surface area (Å²) in [5.74, 6) is -0.0157. The third kappa shape index (κ3) is 4.53. The minimum Gasteiger partial charge on any atom is -0.493 e. The van der Waals surface area contributed by atoms with Gasteiger partial charge in [-0.25, -0.2) is 4.39 Å². The molecule has 3 nitrogen and oxygen atoms in total. The van der Waals surface area contributed by atoms with Crippen LogP contribution in [0.1, 0.15) is 24.5 Å². The van der Waals surface area contributed by atoms with Gasteiger partial charge >= 0.3 is 0 Å². The highest BCUT2D eigenvalue weighted by atomic mass is 79.9. The van der Waals surface area contributed by atoms with E-state index in [1.807, 2.05) is 19.2 Å². The molecule has 0 spiro atoms. The molecule has 1 unspecified atom stereocenters. The number of nitrogens with one attached hydrogen (secondary N) is 1. The molecule has 0 saturated carbocycles.